The predicted octanol–water partition coefficient (Wildman–Crippen LogP) is 3.37. The largest absolute Gasteiger partial charge is 0.508 e. The van der Waals surface area contributed by atoms with Crippen molar-refractivity contribution in [3.05, 3.63) is 47.5 Å². The molecule has 0 unspecified atom stereocenters. The number of phenols is 2. The van der Waals surface area contributed by atoms with E-state index in [-0.39, 0.29) is 17.6 Å². The zero-order valence-corrected chi connectivity index (χ0v) is 12.3. The molecule has 1 heterocycles. The van der Waals surface area contributed by atoms with Crippen LogP contribution in [0.2, 0.25) is 0 Å². The van der Waals surface area contributed by atoms with Gasteiger partial charge in [0.05, 0.1) is 0 Å². The fraction of sp³-hybridized carbons (Fsp3) is 0.222. The molecule has 2 aromatic carbocycles. The van der Waals surface area contributed by atoms with Crippen molar-refractivity contribution < 1.29 is 19.7 Å². The summed E-state index contributed by atoms with van der Waals surface area (Å²) in [5.74, 6) is 7.05. The van der Waals surface area contributed by atoms with E-state index in [0.29, 0.717) is 17.1 Å². The average Bonchev–Trinajstić information content (AvgIpc) is 2.48. The first-order valence-electron chi connectivity index (χ1n) is 7.00. The van der Waals surface area contributed by atoms with E-state index < -0.39 is 6.10 Å². The SMILES string of the molecule is CC#Cc1ccc2c(c1)O[C@H](c1ccc(O)cc1O)[C@H](C)O2. The van der Waals surface area contributed by atoms with E-state index in [2.05, 4.69) is 11.8 Å². The van der Waals surface area contributed by atoms with E-state index in [1.165, 1.54) is 12.1 Å². The second-order valence-corrected chi connectivity index (χ2v) is 5.14. The number of benzene rings is 2. The molecule has 0 bridgehead atoms. The summed E-state index contributed by atoms with van der Waals surface area (Å²) in [7, 11) is 0. The second-order valence-electron chi connectivity index (χ2n) is 5.14. The Hall–Kier alpha value is -2.80. The third-order valence-corrected chi connectivity index (χ3v) is 3.53. The number of phenolic OH excluding ortho intramolecular Hbond substituents is 2. The first kappa shape index (κ1) is 14.2. The van der Waals surface area contributed by atoms with Gasteiger partial charge in [-0.1, -0.05) is 5.92 Å². The van der Waals surface area contributed by atoms with Gasteiger partial charge in [0.1, 0.15) is 17.6 Å². The van der Waals surface area contributed by atoms with Gasteiger partial charge >= 0.3 is 0 Å². The molecule has 2 atom stereocenters. The maximum absolute atomic E-state index is 10.0. The fourth-order valence-corrected chi connectivity index (χ4v) is 2.50. The van der Waals surface area contributed by atoms with Crippen LogP contribution in [0.5, 0.6) is 23.0 Å². The molecule has 1 aliphatic heterocycles. The smallest absolute Gasteiger partial charge is 0.164 e. The Kier molecular flexibility index (Phi) is 3.56. The first-order valence-corrected chi connectivity index (χ1v) is 7.00. The molecule has 0 spiro atoms. The zero-order chi connectivity index (χ0) is 15.7. The van der Waals surface area contributed by atoms with Gasteiger partial charge in [-0.2, -0.15) is 0 Å². The molecule has 112 valence electrons. The molecule has 0 fully saturated rings. The van der Waals surface area contributed by atoms with Crippen LogP contribution in [0.3, 0.4) is 0 Å². The van der Waals surface area contributed by atoms with Crippen LogP contribution in [0.1, 0.15) is 31.1 Å². The maximum Gasteiger partial charge on any atom is 0.164 e. The number of ether oxygens (including phenoxy) is 2. The van der Waals surface area contributed by atoms with E-state index in [9.17, 15) is 10.2 Å². The van der Waals surface area contributed by atoms with Crippen molar-refractivity contribution in [3.63, 3.8) is 0 Å². The van der Waals surface area contributed by atoms with Crippen LogP contribution in [-0.4, -0.2) is 16.3 Å². The average molecular weight is 296 g/mol. The van der Waals surface area contributed by atoms with E-state index in [0.717, 1.165) is 5.56 Å². The molecule has 3 rings (SSSR count). The summed E-state index contributed by atoms with van der Waals surface area (Å²) in [5, 5.41) is 19.4. The van der Waals surface area contributed by atoms with Gasteiger partial charge in [-0.3, -0.25) is 0 Å². The van der Waals surface area contributed by atoms with Gasteiger partial charge in [-0.05, 0) is 44.2 Å². The molecule has 0 amide bonds. The van der Waals surface area contributed by atoms with Crippen molar-refractivity contribution in [1.82, 2.24) is 0 Å². The highest BCUT2D eigenvalue weighted by Crippen LogP contribution is 2.42. The van der Waals surface area contributed by atoms with E-state index in [4.69, 9.17) is 9.47 Å². The van der Waals surface area contributed by atoms with E-state index in [1.54, 1.807) is 13.0 Å². The minimum atomic E-state index is -0.460. The lowest BCUT2D eigenvalue weighted by atomic mass is 10.0. The number of rotatable bonds is 1. The second kappa shape index (κ2) is 5.53. The topological polar surface area (TPSA) is 58.9 Å². The lowest BCUT2D eigenvalue weighted by Crippen LogP contribution is -2.30. The Morgan fingerprint density at radius 1 is 1.00 bits per heavy atom. The van der Waals surface area contributed by atoms with Crippen molar-refractivity contribution in [2.24, 2.45) is 0 Å². The van der Waals surface area contributed by atoms with Gasteiger partial charge in [-0.15, -0.1) is 5.92 Å². The lowest BCUT2D eigenvalue weighted by molar-refractivity contribution is 0.0293. The van der Waals surface area contributed by atoms with Crippen molar-refractivity contribution >= 4 is 0 Å². The quantitative estimate of drug-likeness (QED) is 0.792. The summed E-state index contributed by atoms with van der Waals surface area (Å²) >= 11 is 0. The highest BCUT2D eigenvalue weighted by atomic mass is 16.6. The Morgan fingerprint density at radius 3 is 2.55 bits per heavy atom. The van der Waals surface area contributed by atoms with Crippen LogP contribution in [0.4, 0.5) is 0 Å². The zero-order valence-electron chi connectivity index (χ0n) is 12.3. The van der Waals surface area contributed by atoms with Crippen LogP contribution in [0.25, 0.3) is 0 Å². The van der Waals surface area contributed by atoms with Gasteiger partial charge in [-0.25, -0.2) is 0 Å². The van der Waals surface area contributed by atoms with Gasteiger partial charge in [0.2, 0.25) is 0 Å². The summed E-state index contributed by atoms with van der Waals surface area (Å²) in [4.78, 5) is 0. The summed E-state index contributed by atoms with van der Waals surface area (Å²) in [6, 6.07) is 9.97. The monoisotopic (exact) mass is 296 g/mol. The summed E-state index contributed by atoms with van der Waals surface area (Å²) in [6.07, 6.45) is -0.732. The number of aromatic hydroxyl groups is 2. The Labute approximate surface area is 128 Å². The summed E-state index contributed by atoms with van der Waals surface area (Å²) in [6.45, 7) is 3.65. The predicted molar refractivity (Wildman–Crippen MR) is 82.2 cm³/mol. The molecule has 4 nitrogen and oxygen atoms in total. The van der Waals surface area contributed by atoms with Crippen LogP contribution in [0.15, 0.2) is 36.4 Å². The summed E-state index contributed by atoms with van der Waals surface area (Å²) in [5.41, 5.74) is 1.41. The first-order chi connectivity index (χ1) is 10.6. The molecule has 0 saturated carbocycles. The van der Waals surface area contributed by atoms with Crippen LogP contribution >= 0.6 is 0 Å². The molecule has 2 N–H and O–H groups in total. The molecule has 0 saturated heterocycles. The molecule has 0 aromatic heterocycles. The Morgan fingerprint density at radius 2 is 1.82 bits per heavy atom. The van der Waals surface area contributed by atoms with Crippen LogP contribution in [-0.2, 0) is 0 Å². The van der Waals surface area contributed by atoms with Gasteiger partial charge in [0.15, 0.2) is 17.6 Å². The molecule has 22 heavy (non-hydrogen) atoms. The van der Waals surface area contributed by atoms with Gasteiger partial charge < -0.3 is 19.7 Å². The highest BCUT2D eigenvalue weighted by molar-refractivity contribution is 5.50. The summed E-state index contributed by atoms with van der Waals surface area (Å²) < 4.78 is 11.9. The minimum Gasteiger partial charge on any atom is -0.508 e. The van der Waals surface area contributed by atoms with Crippen LogP contribution < -0.4 is 9.47 Å². The van der Waals surface area contributed by atoms with Crippen molar-refractivity contribution in [2.45, 2.75) is 26.1 Å². The van der Waals surface area contributed by atoms with E-state index >= 15 is 0 Å². The molecular formula is C18H16O4. The standard InChI is InChI=1S/C18H16O4/c1-3-4-12-5-8-16-17(9-12)22-18(11(2)21-16)14-7-6-13(19)10-15(14)20/h5-11,18-20H,1-2H3/t11-,18-/m0/s1. The molecule has 0 radical (unpaired) electrons. The number of fused-ring (bicyclic) bond motifs is 1. The fourth-order valence-electron chi connectivity index (χ4n) is 2.50. The molecule has 4 heteroatoms. The van der Waals surface area contributed by atoms with Crippen LogP contribution in [0, 0.1) is 11.8 Å². The van der Waals surface area contributed by atoms with Crippen molar-refractivity contribution in [1.29, 1.82) is 0 Å². The minimum absolute atomic E-state index is 0.00605. The van der Waals surface area contributed by atoms with Crippen molar-refractivity contribution in [3.8, 4) is 34.8 Å². The number of hydrogen-bond acceptors (Lipinski definition) is 4. The molecule has 0 aliphatic carbocycles. The Balaban J connectivity index is 1.98. The Bertz CT molecular complexity index is 770. The third-order valence-electron chi connectivity index (χ3n) is 3.53. The molecule has 2 aromatic rings. The lowest BCUT2D eigenvalue weighted by Gasteiger charge is -2.32. The van der Waals surface area contributed by atoms with E-state index in [1.807, 2.05) is 25.1 Å². The van der Waals surface area contributed by atoms with Gasteiger partial charge in [0, 0.05) is 17.2 Å². The molecule has 1 aliphatic rings. The molecular weight excluding hydrogens is 280 g/mol. The maximum atomic E-state index is 10.0. The van der Waals surface area contributed by atoms with Gasteiger partial charge in [0.25, 0.3) is 0 Å². The number of hydrogen-bond donors (Lipinski definition) is 2. The third kappa shape index (κ3) is 2.53. The van der Waals surface area contributed by atoms with Crippen molar-refractivity contribution in [2.75, 3.05) is 0 Å². The highest BCUT2D eigenvalue weighted by Gasteiger charge is 2.31. The normalized spacial score (nSPS) is 19.2.